The van der Waals surface area contributed by atoms with E-state index in [1.165, 1.54) is 5.56 Å². The number of piperidine rings is 1. The van der Waals surface area contributed by atoms with Gasteiger partial charge in [-0.3, -0.25) is 4.90 Å². The number of anilines is 1. The minimum absolute atomic E-state index is 0.137. The normalized spacial score (nSPS) is 23.4. The van der Waals surface area contributed by atoms with Gasteiger partial charge in [-0.15, -0.1) is 0 Å². The van der Waals surface area contributed by atoms with Crippen molar-refractivity contribution in [2.24, 2.45) is 0 Å². The van der Waals surface area contributed by atoms with Crippen LogP contribution in [-0.4, -0.2) is 67.0 Å². The topological polar surface area (TPSA) is 37.8 Å². The average Bonchev–Trinajstić information content (AvgIpc) is 2.80. The highest BCUT2D eigenvalue weighted by molar-refractivity contribution is 6.30. The zero-order valence-electron chi connectivity index (χ0n) is 18.6. The minimum Gasteiger partial charge on any atom is -0.376 e. The minimum atomic E-state index is 0.137. The molecule has 2 atom stereocenters. The first-order valence-corrected chi connectivity index (χ1v) is 11.9. The molecule has 4 rings (SSSR count). The Morgan fingerprint density at radius 1 is 1.13 bits per heavy atom. The number of halogens is 1. The molecule has 31 heavy (non-hydrogen) atoms. The third kappa shape index (κ3) is 6.19. The van der Waals surface area contributed by atoms with E-state index in [-0.39, 0.29) is 12.2 Å². The van der Waals surface area contributed by atoms with Gasteiger partial charge in [0.1, 0.15) is 5.82 Å². The SMILES string of the molecule is CC(C)OC[C@H]1CN(C2CCN(c3ccccn3)CC2)C(Cc2ccc(Cl)cc2)CO1. The molecular weight excluding hydrogens is 410 g/mol. The molecule has 0 amide bonds. The van der Waals surface area contributed by atoms with E-state index in [1.807, 2.05) is 24.4 Å². The Bertz CT molecular complexity index is 794. The Morgan fingerprint density at radius 3 is 2.58 bits per heavy atom. The molecule has 5 nitrogen and oxygen atoms in total. The molecule has 0 radical (unpaired) electrons. The summed E-state index contributed by atoms with van der Waals surface area (Å²) >= 11 is 6.09. The van der Waals surface area contributed by atoms with E-state index >= 15 is 0 Å². The first kappa shape index (κ1) is 22.5. The van der Waals surface area contributed by atoms with Crippen molar-refractivity contribution in [1.82, 2.24) is 9.88 Å². The van der Waals surface area contributed by atoms with Crippen molar-refractivity contribution < 1.29 is 9.47 Å². The largest absolute Gasteiger partial charge is 0.376 e. The quantitative estimate of drug-likeness (QED) is 0.632. The summed E-state index contributed by atoms with van der Waals surface area (Å²) in [6.07, 6.45) is 5.51. The number of ether oxygens (including phenoxy) is 2. The number of pyridine rings is 1. The predicted molar refractivity (Wildman–Crippen MR) is 126 cm³/mol. The van der Waals surface area contributed by atoms with E-state index in [1.54, 1.807) is 0 Å². The fraction of sp³-hybridized carbons (Fsp3) is 0.560. The number of aromatic nitrogens is 1. The second-order valence-corrected chi connectivity index (χ2v) is 9.36. The van der Waals surface area contributed by atoms with Gasteiger partial charge in [0.05, 0.1) is 25.4 Å². The molecule has 168 valence electrons. The lowest BCUT2D eigenvalue weighted by atomic mass is 9.96. The van der Waals surface area contributed by atoms with Crippen LogP contribution in [0.25, 0.3) is 0 Å². The van der Waals surface area contributed by atoms with Crippen molar-refractivity contribution in [3.05, 3.63) is 59.2 Å². The van der Waals surface area contributed by atoms with Gasteiger partial charge in [0.2, 0.25) is 0 Å². The molecule has 0 aliphatic carbocycles. The summed E-state index contributed by atoms with van der Waals surface area (Å²) in [5.41, 5.74) is 1.31. The molecule has 0 N–H and O–H groups in total. The fourth-order valence-electron chi connectivity index (χ4n) is 4.66. The summed E-state index contributed by atoms with van der Waals surface area (Å²) in [5, 5.41) is 0.785. The highest BCUT2D eigenvalue weighted by atomic mass is 35.5. The summed E-state index contributed by atoms with van der Waals surface area (Å²) < 4.78 is 12.1. The van der Waals surface area contributed by atoms with Crippen molar-refractivity contribution in [2.75, 3.05) is 37.7 Å². The lowest BCUT2D eigenvalue weighted by Gasteiger charge is -2.47. The number of benzene rings is 1. The zero-order chi connectivity index (χ0) is 21.6. The molecule has 6 heteroatoms. The van der Waals surface area contributed by atoms with Gasteiger partial charge >= 0.3 is 0 Å². The summed E-state index contributed by atoms with van der Waals surface area (Å²) in [6.45, 7) is 8.58. The summed E-state index contributed by atoms with van der Waals surface area (Å²) in [5.74, 6) is 1.09. The van der Waals surface area contributed by atoms with Crippen molar-refractivity contribution in [3.8, 4) is 0 Å². The van der Waals surface area contributed by atoms with E-state index in [2.05, 4.69) is 52.9 Å². The monoisotopic (exact) mass is 443 g/mol. The van der Waals surface area contributed by atoms with Gasteiger partial charge in [0.25, 0.3) is 0 Å². The lowest BCUT2D eigenvalue weighted by molar-refractivity contribution is -0.114. The van der Waals surface area contributed by atoms with Crippen LogP contribution in [0.5, 0.6) is 0 Å². The molecule has 2 saturated heterocycles. The number of hydrogen-bond acceptors (Lipinski definition) is 5. The maximum absolute atomic E-state index is 6.24. The molecule has 0 spiro atoms. The van der Waals surface area contributed by atoms with Gasteiger partial charge in [-0.25, -0.2) is 4.98 Å². The van der Waals surface area contributed by atoms with Crippen LogP contribution in [0.1, 0.15) is 32.3 Å². The Labute approximate surface area is 191 Å². The number of hydrogen-bond donors (Lipinski definition) is 0. The zero-order valence-corrected chi connectivity index (χ0v) is 19.4. The van der Waals surface area contributed by atoms with Gasteiger partial charge in [-0.05, 0) is 62.9 Å². The maximum Gasteiger partial charge on any atom is 0.128 e. The number of morpholine rings is 1. The molecule has 2 aliphatic heterocycles. The van der Waals surface area contributed by atoms with Crippen LogP contribution in [0.2, 0.25) is 5.02 Å². The van der Waals surface area contributed by atoms with E-state index in [0.717, 1.165) is 56.3 Å². The van der Waals surface area contributed by atoms with Crippen LogP contribution in [0, 0.1) is 0 Å². The second-order valence-electron chi connectivity index (χ2n) is 8.92. The molecule has 1 unspecified atom stereocenters. The predicted octanol–water partition coefficient (Wildman–Crippen LogP) is 4.44. The van der Waals surface area contributed by atoms with E-state index in [4.69, 9.17) is 21.1 Å². The highest BCUT2D eigenvalue weighted by Gasteiger charge is 2.35. The molecule has 2 aliphatic rings. The third-order valence-corrected chi connectivity index (χ3v) is 6.57. The fourth-order valence-corrected chi connectivity index (χ4v) is 4.79. The van der Waals surface area contributed by atoms with E-state index in [0.29, 0.717) is 18.7 Å². The Balaban J connectivity index is 1.42. The molecule has 0 saturated carbocycles. The van der Waals surface area contributed by atoms with E-state index < -0.39 is 0 Å². The van der Waals surface area contributed by atoms with Crippen LogP contribution in [0.4, 0.5) is 5.82 Å². The molecule has 1 aromatic carbocycles. The summed E-state index contributed by atoms with van der Waals surface area (Å²) in [6, 6.07) is 15.3. The molecule has 0 bridgehead atoms. The Hall–Kier alpha value is -1.66. The van der Waals surface area contributed by atoms with Gasteiger partial charge in [0.15, 0.2) is 0 Å². The van der Waals surface area contributed by atoms with Gasteiger partial charge in [-0.2, -0.15) is 0 Å². The van der Waals surface area contributed by atoms with Gasteiger partial charge in [-0.1, -0.05) is 29.8 Å². The second kappa shape index (κ2) is 10.8. The van der Waals surface area contributed by atoms with Crippen LogP contribution in [-0.2, 0) is 15.9 Å². The average molecular weight is 444 g/mol. The highest BCUT2D eigenvalue weighted by Crippen LogP contribution is 2.27. The van der Waals surface area contributed by atoms with Gasteiger partial charge < -0.3 is 14.4 Å². The van der Waals surface area contributed by atoms with Crippen LogP contribution in [0.15, 0.2) is 48.7 Å². The number of nitrogens with zero attached hydrogens (tertiary/aromatic N) is 3. The Morgan fingerprint density at radius 2 is 1.90 bits per heavy atom. The van der Waals surface area contributed by atoms with Crippen molar-refractivity contribution >= 4 is 17.4 Å². The Kier molecular flexibility index (Phi) is 7.83. The standard InChI is InChI=1S/C25H34ClN3O2/c1-19(2)30-18-24-16-29(23(17-31-24)15-20-6-8-21(26)9-7-20)22-10-13-28(14-11-22)25-5-3-4-12-27-25/h3-9,12,19,22-24H,10-11,13-18H2,1-2H3/t23?,24-/m1/s1. The van der Waals surface area contributed by atoms with Crippen molar-refractivity contribution in [2.45, 2.75) is 57.4 Å². The molecule has 2 aromatic rings. The molecule has 1 aromatic heterocycles. The lowest BCUT2D eigenvalue weighted by Crippen LogP contribution is -2.58. The number of rotatable bonds is 7. The first-order valence-electron chi connectivity index (χ1n) is 11.5. The summed E-state index contributed by atoms with van der Waals surface area (Å²) in [7, 11) is 0. The molecule has 3 heterocycles. The van der Waals surface area contributed by atoms with Crippen molar-refractivity contribution in [3.63, 3.8) is 0 Å². The van der Waals surface area contributed by atoms with Crippen LogP contribution in [0.3, 0.4) is 0 Å². The first-order chi connectivity index (χ1) is 15.1. The van der Waals surface area contributed by atoms with Crippen LogP contribution >= 0.6 is 11.6 Å². The smallest absolute Gasteiger partial charge is 0.128 e. The van der Waals surface area contributed by atoms with Crippen LogP contribution < -0.4 is 4.90 Å². The third-order valence-electron chi connectivity index (χ3n) is 6.31. The van der Waals surface area contributed by atoms with E-state index in [9.17, 15) is 0 Å². The molecule has 2 fully saturated rings. The van der Waals surface area contributed by atoms with Crippen molar-refractivity contribution in [1.29, 1.82) is 0 Å². The summed E-state index contributed by atoms with van der Waals surface area (Å²) in [4.78, 5) is 9.64. The molecular formula is C25H34ClN3O2. The maximum atomic E-state index is 6.24. The van der Waals surface area contributed by atoms with Gasteiger partial charge in [0, 0.05) is 42.9 Å².